The minimum absolute atomic E-state index is 0.0787. The molecule has 1 aromatic heterocycles. The molecule has 1 heterocycles. The Balaban J connectivity index is 1.80. The van der Waals surface area contributed by atoms with E-state index >= 15 is 0 Å². The van der Waals surface area contributed by atoms with Crippen molar-refractivity contribution in [3.05, 3.63) is 88.7 Å². The molecule has 0 bridgehead atoms. The normalized spacial score (nSPS) is 12.1. The van der Waals surface area contributed by atoms with Crippen LogP contribution in [0.1, 0.15) is 44.5 Å². The van der Waals surface area contributed by atoms with Crippen molar-refractivity contribution in [1.82, 2.24) is 9.47 Å². The smallest absolute Gasteiger partial charge is 0.322 e. The monoisotopic (exact) mass is 437 g/mol. The zero-order valence-corrected chi connectivity index (χ0v) is 19.6. The molecule has 0 spiro atoms. The Labute approximate surface area is 190 Å². The number of hydrogen-bond donors (Lipinski definition) is 1. The highest BCUT2D eigenvalue weighted by Crippen LogP contribution is 2.20. The fourth-order valence-electron chi connectivity index (χ4n) is 3.58. The van der Waals surface area contributed by atoms with Crippen LogP contribution in [0.4, 0.5) is 10.5 Å². The molecular formula is C26H32ClN3O. The van der Waals surface area contributed by atoms with E-state index in [9.17, 15) is 4.79 Å². The molecule has 2 aromatic carbocycles. The molecule has 3 rings (SSSR count). The lowest BCUT2D eigenvalue weighted by Gasteiger charge is -2.32. The molecule has 5 heteroatoms. The van der Waals surface area contributed by atoms with Crippen molar-refractivity contribution in [3.8, 4) is 0 Å². The summed E-state index contributed by atoms with van der Waals surface area (Å²) in [5, 5.41) is 3.83. The van der Waals surface area contributed by atoms with Gasteiger partial charge in [0.15, 0.2) is 0 Å². The summed E-state index contributed by atoms with van der Waals surface area (Å²) in [5.41, 5.74) is 4.26. The Morgan fingerprint density at radius 1 is 1.03 bits per heavy atom. The van der Waals surface area contributed by atoms with Crippen LogP contribution in [0.25, 0.3) is 0 Å². The Morgan fingerprint density at radius 2 is 1.77 bits per heavy atom. The van der Waals surface area contributed by atoms with Gasteiger partial charge in [0.2, 0.25) is 0 Å². The number of halogens is 1. The molecule has 0 saturated carbocycles. The van der Waals surface area contributed by atoms with Gasteiger partial charge in [0.25, 0.3) is 0 Å². The second kappa shape index (κ2) is 10.5. The topological polar surface area (TPSA) is 37.3 Å². The predicted molar refractivity (Wildman–Crippen MR) is 130 cm³/mol. The van der Waals surface area contributed by atoms with Crippen molar-refractivity contribution in [2.45, 2.75) is 53.2 Å². The number of aromatic nitrogens is 1. The molecule has 164 valence electrons. The molecule has 0 aliphatic heterocycles. The maximum atomic E-state index is 13.3. The fourth-order valence-corrected chi connectivity index (χ4v) is 3.79. The van der Waals surface area contributed by atoms with E-state index in [1.807, 2.05) is 47.4 Å². The van der Waals surface area contributed by atoms with Gasteiger partial charge in [-0.1, -0.05) is 56.6 Å². The summed E-state index contributed by atoms with van der Waals surface area (Å²) in [5.74, 6) is 0.337. The Morgan fingerprint density at radius 3 is 2.48 bits per heavy atom. The summed E-state index contributed by atoms with van der Waals surface area (Å²) in [7, 11) is 0. The van der Waals surface area contributed by atoms with Gasteiger partial charge in [-0.15, -0.1) is 0 Å². The average molecular weight is 438 g/mol. The standard InChI is InChI=1S/C26H32ClN3O/c1-5-21-9-7-12-24(16-21)28-26(31)30(20(4)19(2)3)18-25-13-8-14-29(25)17-22-10-6-11-23(27)15-22/h6-16,19-20H,5,17-18H2,1-4H3,(H,28,31). The second-order valence-corrected chi connectivity index (χ2v) is 8.79. The summed E-state index contributed by atoms with van der Waals surface area (Å²) >= 11 is 6.16. The zero-order chi connectivity index (χ0) is 22.4. The highest BCUT2D eigenvalue weighted by molar-refractivity contribution is 6.30. The van der Waals surface area contributed by atoms with Crippen LogP contribution >= 0.6 is 11.6 Å². The van der Waals surface area contributed by atoms with Gasteiger partial charge in [-0.25, -0.2) is 4.79 Å². The van der Waals surface area contributed by atoms with E-state index < -0.39 is 0 Å². The van der Waals surface area contributed by atoms with Gasteiger partial charge in [-0.2, -0.15) is 0 Å². The molecule has 0 radical (unpaired) electrons. The summed E-state index contributed by atoms with van der Waals surface area (Å²) < 4.78 is 2.18. The lowest BCUT2D eigenvalue weighted by atomic mass is 10.0. The minimum atomic E-state index is -0.0787. The summed E-state index contributed by atoms with van der Waals surface area (Å²) in [6.45, 7) is 9.76. The van der Waals surface area contributed by atoms with Crippen LogP contribution in [0.15, 0.2) is 66.9 Å². The third-order valence-electron chi connectivity index (χ3n) is 5.80. The third kappa shape index (κ3) is 6.14. The van der Waals surface area contributed by atoms with Gasteiger partial charge >= 0.3 is 6.03 Å². The van der Waals surface area contributed by atoms with E-state index in [1.165, 1.54) is 5.56 Å². The molecule has 31 heavy (non-hydrogen) atoms. The van der Waals surface area contributed by atoms with Gasteiger partial charge in [-0.05, 0) is 66.8 Å². The molecule has 1 unspecified atom stereocenters. The van der Waals surface area contributed by atoms with Crippen LogP contribution < -0.4 is 5.32 Å². The summed E-state index contributed by atoms with van der Waals surface area (Å²) in [6, 6.07) is 20.1. The van der Waals surface area contributed by atoms with E-state index in [-0.39, 0.29) is 12.1 Å². The number of rotatable bonds is 8. The minimum Gasteiger partial charge on any atom is -0.345 e. The van der Waals surface area contributed by atoms with Crippen LogP contribution in [0, 0.1) is 5.92 Å². The second-order valence-electron chi connectivity index (χ2n) is 8.35. The van der Waals surface area contributed by atoms with Crippen molar-refractivity contribution in [3.63, 3.8) is 0 Å². The van der Waals surface area contributed by atoms with Gasteiger partial charge in [0, 0.05) is 35.2 Å². The molecule has 0 aliphatic rings. The number of nitrogens with zero attached hydrogens (tertiary/aromatic N) is 2. The number of aryl methyl sites for hydroxylation is 1. The molecule has 3 aromatic rings. The number of anilines is 1. The molecule has 0 saturated heterocycles. The van der Waals surface area contributed by atoms with Crippen molar-refractivity contribution >= 4 is 23.3 Å². The van der Waals surface area contributed by atoms with E-state index in [0.29, 0.717) is 19.0 Å². The van der Waals surface area contributed by atoms with E-state index in [2.05, 4.69) is 62.0 Å². The molecule has 1 atom stereocenters. The number of nitrogens with one attached hydrogen (secondary N) is 1. The predicted octanol–water partition coefficient (Wildman–Crippen LogP) is 6.83. The number of benzene rings is 2. The van der Waals surface area contributed by atoms with Crippen molar-refractivity contribution in [1.29, 1.82) is 0 Å². The number of amides is 2. The molecule has 0 fully saturated rings. The first-order chi connectivity index (χ1) is 14.9. The zero-order valence-electron chi connectivity index (χ0n) is 18.8. The van der Waals surface area contributed by atoms with Crippen molar-refractivity contribution in [2.24, 2.45) is 5.92 Å². The number of urea groups is 1. The van der Waals surface area contributed by atoms with Crippen LogP contribution in [-0.4, -0.2) is 21.5 Å². The first-order valence-corrected chi connectivity index (χ1v) is 11.3. The molecule has 4 nitrogen and oxygen atoms in total. The lowest BCUT2D eigenvalue weighted by Crippen LogP contribution is -2.43. The fraction of sp³-hybridized carbons (Fsp3) is 0.346. The number of carbonyl (C=O) groups is 1. The number of carbonyl (C=O) groups excluding carboxylic acids is 1. The average Bonchev–Trinajstić information content (AvgIpc) is 3.18. The maximum absolute atomic E-state index is 13.3. The quantitative estimate of drug-likeness (QED) is 0.412. The number of hydrogen-bond acceptors (Lipinski definition) is 1. The van der Waals surface area contributed by atoms with Crippen LogP contribution in [0.2, 0.25) is 5.02 Å². The molecule has 2 amide bonds. The van der Waals surface area contributed by atoms with E-state index in [1.54, 1.807) is 0 Å². The molecule has 0 aliphatic carbocycles. The van der Waals surface area contributed by atoms with Crippen molar-refractivity contribution < 1.29 is 4.79 Å². The van der Waals surface area contributed by atoms with Gasteiger partial charge in [0.1, 0.15) is 0 Å². The SMILES string of the molecule is CCc1cccc(NC(=O)N(Cc2cccn2Cc2cccc(Cl)c2)C(C)C(C)C)c1. The summed E-state index contributed by atoms with van der Waals surface area (Å²) in [4.78, 5) is 15.2. The van der Waals surface area contributed by atoms with Gasteiger partial charge in [0.05, 0.1) is 6.54 Å². The van der Waals surface area contributed by atoms with Crippen LogP contribution in [0.3, 0.4) is 0 Å². The Kier molecular flexibility index (Phi) is 7.80. The first kappa shape index (κ1) is 23.0. The first-order valence-electron chi connectivity index (χ1n) is 10.9. The Hall–Kier alpha value is -2.72. The van der Waals surface area contributed by atoms with Gasteiger partial charge < -0.3 is 14.8 Å². The maximum Gasteiger partial charge on any atom is 0.322 e. The van der Waals surface area contributed by atoms with Crippen LogP contribution in [0.5, 0.6) is 0 Å². The van der Waals surface area contributed by atoms with E-state index in [0.717, 1.165) is 28.4 Å². The van der Waals surface area contributed by atoms with Crippen LogP contribution in [-0.2, 0) is 19.5 Å². The van der Waals surface area contributed by atoms with E-state index in [4.69, 9.17) is 11.6 Å². The summed E-state index contributed by atoms with van der Waals surface area (Å²) in [6.07, 6.45) is 2.99. The van der Waals surface area contributed by atoms with Gasteiger partial charge in [-0.3, -0.25) is 0 Å². The Bertz CT molecular complexity index is 1010. The lowest BCUT2D eigenvalue weighted by molar-refractivity contribution is 0.168. The largest absolute Gasteiger partial charge is 0.345 e. The highest BCUT2D eigenvalue weighted by Gasteiger charge is 2.24. The highest BCUT2D eigenvalue weighted by atomic mass is 35.5. The molecular weight excluding hydrogens is 406 g/mol. The third-order valence-corrected chi connectivity index (χ3v) is 6.04. The van der Waals surface area contributed by atoms with Crippen molar-refractivity contribution in [2.75, 3.05) is 5.32 Å². The molecule has 1 N–H and O–H groups in total.